The van der Waals surface area contributed by atoms with Gasteiger partial charge in [0, 0.05) is 26.1 Å². The van der Waals surface area contributed by atoms with E-state index in [0.717, 1.165) is 25.7 Å². The quantitative estimate of drug-likeness (QED) is 0.818. The summed E-state index contributed by atoms with van der Waals surface area (Å²) >= 11 is 0. The van der Waals surface area contributed by atoms with E-state index in [2.05, 4.69) is 0 Å². The number of rotatable bonds is 3. The Morgan fingerprint density at radius 3 is 2.24 bits per heavy atom. The average Bonchev–Trinajstić information content (AvgIpc) is 2.45. The Bertz CT molecular complexity index is 471. The summed E-state index contributed by atoms with van der Waals surface area (Å²) in [5.74, 6) is -0.0729. The van der Waals surface area contributed by atoms with E-state index in [0.29, 0.717) is 25.9 Å². The maximum Gasteiger partial charge on any atom is 0.225 e. The number of nitrogens with zero attached hydrogens (tertiary/aromatic N) is 2. The van der Waals surface area contributed by atoms with E-state index in [1.807, 2.05) is 0 Å². The molecule has 2 fully saturated rings. The third-order valence-corrected chi connectivity index (χ3v) is 6.11. The van der Waals surface area contributed by atoms with Crippen molar-refractivity contribution in [3.63, 3.8) is 0 Å². The van der Waals surface area contributed by atoms with Gasteiger partial charge in [0.2, 0.25) is 15.9 Å². The zero-order chi connectivity index (χ0) is 15.6. The van der Waals surface area contributed by atoms with Gasteiger partial charge in [-0.05, 0) is 25.7 Å². The zero-order valence-corrected chi connectivity index (χ0v) is 13.7. The van der Waals surface area contributed by atoms with Crippen LogP contribution >= 0.6 is 0 Å². The molecule has 6 nitrogen and oxygen atoms in total. The minimum Gasteiger partial charge on any atom is -0.391 e. The molecule has 0 aromatic carbocycles. The standard InChI is InChI=1S/C14H26N2O4S/c1-15(12-5-3-4-6-13(12)17)14(18)11-7-9-16(10-8-11)21(2,19)20/h11-13,17H,3-10H2,1-2H3/t12-,13-/m0/s1. The lowest BCUT2D eigenvalue weighted by molar-refractivity contribution is -0.141. The van der Waals surface area contributed by atoms with Gasteiger partial charge < -0.3 is 10.0 Å². The van der Waals surface area contributed by atoms with Crippen molar-refractivity contribution >= 4 is 15.9 Å². The first kappa shape index (κ1) is 16.7. The van der Waals surface area contributed by atoms with Crippen molar-refractivity contribution < 1.29 is 18.3 Å². The van der Waals surface area contributed by atoms with Crippen LogP contribution in [-0.2, 0) is 14.8 Å². The minimum atomic E-state index is -3.16. The number of sulfonamides is 1. The number of hydrogen-bond donors (Lipinski definition) is 1. The molecular weight excluding hydrogens is 292 g/mol. The summed E-state index contributed by atoms with van der Waals surface area (Å²) in [6.45, 7) is 0.826. The second kappa shape index (κ2) is 6.62. The number of likely N-dealkylation sites (N-methyl/N-ethyl adjacent to an activating group) is 1. The molecule has 1 aliphatic heterocycles. The van der Waals surface area contributed by atoms with E-state index < -0.39 is 16.1 Å². The molecule has 0 bridgehead atoms. The van der Waals surface area contributed by atoms with Gasteiger partial charge in [0.15, 0.2) is 0 Å². The van der Waals surface area contributed by atoms with Crippen LogP contribution in [0.15, 0.2) is 0 Å². The van der Waals surface area contributed by atoms with Crippen molar-refractivity contribution in [3.8, 4) is 0 Å². The van der Waals surface area contributed by atoms with E-state index in [9.17, 15) is 18.3 Å². The molecule has 0 radical (unpaired) electrons. The Balaban J connectivity index is 1.92. The first-order valence-electron chi connectivity index (χ1n) is 7.70. The summed E-state index contributed by atoms with van der Waals surface area (Å²) in [6, 6.07) is -0.0841. The van der Waals surface area contributed by atoms with Crippen LogP contribution in [0.5, 0.6) is 0 Å². The third kappa shape index (κ3) is 3.96. The summed E-state index contributed by atoms with van der Waals surface area (Å²) in [5.41, 5.74) is 0. The Kier molecular flexibility index (Phi) is 5.27. The van der Waals surface area contributed by atoms with E-state index in [1.165, 1.54) is 10.6 Å². The van der Waals surface area contributed by atoms with Gasteiger partial charge in [-0.15, -0.1) is 0 Å². The molecule has 0 spiro atoms. The topological polar surface area (TPSA) is 77.9 Å². The Labute approximate surface area is 127 Å². The fourth-order valence-corrected chi connectivity index (χ4v) is 4.30. The van der Waals surface area contributed by atoms with Gasteiger partial charge in [-0.25, -0.2) is 12.7 Å². The van der Waals surface area contributed by atoms with Gasteiger partial charge in [-0.2, -0.15) is 0 Å². The van der Waals surface area contributed by atoms with E-state index in [1.54, 1.807) is 11.9 Å². The summed E-state index contributed by atoms with van der Waals surface area (Å²) in [6.07, 6.45) is 5.60. The molecule has 0 aromatic rings. The predicted octanol–water partition coefficient (Wildman–Crippen LogP) is 0.420. The molecule has 0 unspecified atom stereocenters. The molecule has 122 valence electrons. The van der Waals surface area contributed by atoms with Gasteiger partial charge >= 0.3 is 0 Å². The molecule has 7 heteroatoms. The van der Waals surface area contributed by atoms with Crippen LogP contribution in [0.25, 0.3) is 0 Å². The lowest BCUT2D eigenvalue weighted by Crippen LogP contribution is -2.50. The molecular formula is C14H26N2O4S. The first-order valence-corrected chi connectivity index (χ1v) is 9.55. The minimum absolute atomic E-state index is 0.0501. The summed E-state index contributed by atoms with van der Waals surface area (Å²) in [7, 11) is -1.39. The normalized spacial score (nSPS) is 29.3. The van der Waals surface area contributed by atoms with Crippen LogP contribution in [-0.4, -0.2) is 67.2 Å². The van der Waals surface area contributed by atoms with Crippen molar-refractivity contribution in [1.82, 2.24) is 9.21 Å². The number of aliphatic hydroxyl groups excluding tert-OH is 1. The number of amides is 1. The second-order valence-corrected chi connectivity index (χ2v) is 8.29. The molecule has 1 saturated heterocycles. The number of aliphatic hydroxyl groups is 1. The van der Waals surface area contributed by atoms with Gasteiger partial charge in [-0.1, -0.05) is 12.8 Å². The zero-order valence-electron chi connectivity index (χ0n) is 12.9. The SMILES string of the molecule is CN(C(=O)C1CCN(S(C)(=O)=O)CC1)[C@H]1CCCC[C@@H]1O. The van der Waals surface area contributed by atoms with E-state index >= 15 is 0 Å². The van der Waals surface area contributed by atoms with Crippen molar-refractivity contribution in [2.24, 2.45) is 5.92 Å². The van der Waals surface area contributed by atoms with E-state index in [-0.39, 0.29) is 17.9 Å². The monoisotopic (exact) mass is 318 g/mol. The van der Waals surface area contributed by atoms with Crippen LogP contribution in [0.4, 0.5) is 0 Å². The Morgan fingerprint density at radius 2 is 1.71 bits per heavy atom. The fraction of sp³-hybridized carbons (Fsp3) is 0.929. The lowest BCUT2D eigenvalue weighted by Gasteiger charge is -2.38. The number of carbonyl (C=O) groups is 1. The van der Waals surface area contributed by atoms with Crippen molar-refractivity contribution in [2.45, 2.75) is 50.7 Å². The van der Waals surface area contributed by atoms with Crippen LogP contribution in [0.1, 0.15) is 38.5 Å². The van der Waals surface area contributed by atoms with Crippen molar-refractivity contribution in [1.29, 1.82) is 0 Å². The van der Waals surface area contributed by atoms with Gasteiger partial charge in [0.25, 0.3) is 0 Å². The van der Waals surface area contributed by atoms with Crippen LogP contribution in [0.2, 0.25) is 0 Å². The molecule has 2 atom stereocenters. The molecule has 1 N–H and O–H groups in total. The number of carbonyl (C=O) groups excluding carboxylic acids is 1. The molecule has 2 rings (SSSR count). The lowest BCUT2D eigenvalue weighted by atomic mass is 9.89. The summed E-state index contributed by atoms with van der Waals surface area (Å²) in [4.78, 5) is 14.2. The van der Waals surface area contributed by atoms with Gasteiger partial charge in [-0.3, -0.25) is 4.79 Å². The van der Waals surface area contributed by atoms with Gasteiger partial charge in [0.1, 0.15) is 0 Å². The molecule has 2 aliphatic rings. The molecule has 1 aliphatic carbocycles. The second-order valence-electron chi connectivity index (χ2n) is 6.30. The average molecular weight is 318 g/mol. The largest absolute Gasteiger partial charge is 0.391 e. The highest BCUT2D eigenvalue weighted by atomic mass is 32.2. The van der Waals surface area contributed by atoms with Crippen LogP contribution in [0.3, 0.4) is 0 Å². The maximum absolute atomic E-state index is 12.5. The highest BCUT2D eigenvalue weighted by Crippen LogP contribution is 2.26. The molecule has 0 aromatic heterocycles. The van der Waals surface area contributed by atoms with Gasteiger partial charge in [0.05, 0.1) is 18.4 Å². The van der Waals surface area contributed by atoms with Crippen molar-refractivity contribution in [2.75, 3.05) is 26.4 Å². The van der Waals surface area contributed by atoms with Crippen molar-refractivity contribution in [3.05, 3.63) is 0 Å². The third-order valence-electron chi connectivity index (χ3n) is 4.81. The smallest absolute Gasteiger partial charge is 0.225 e. The molecule has 1 heterocycles. The van der Waals surface area contributed by atoms with Crippen LogP contribution in [0, 0.1) is 5.92 Å². The highest BCUT2D eigenvalue weighted by molar-refractivity contribution is 7.88. The number of hydrogen-bond acceptors (Lipinski definition) is 4. The molecule has 1 amide bonds. The summed E-state index contributed by atoms with van der Waals surface area (Å²) in [5, 5.41) is 10.1. The van der Waals surface area contributed by atoms with Crippen LogP contribution < -0.4 is 0 Å². The maximum atomic E-state index is 12.5. The highest BCUT2D eigenvalue weighted by Gasteiger charge is 2.35. The molecule has 1 saturated carbocycles. The molecule has 21 heavy (non-hydrogen) atoms. The first-order chi connectivity index (χ1) is 9.80. The van der Waals surface area contributed by atoms with E-state index in [4.69, 9.17) is 0 Å². The number of piperidine rings is 1. The Hall–Kier alpha value is -0.660. The summed E-state index contributed by atoms with van der Waals surface area (Å²) < 4.78 is 24.4. The fourth-order valence-electron chi connectivity index (χ4n) is 3.43. The Morgan fingerprint density at radius 1 is 1.14 bits per heavy atom. The predicted molar refractivity (Wildman–Crippen MR) is 80.2 cm³/mol.